The van der Waals surface area contributed by atoms with E-state index in [1.807, 2.05) is 25.9 Å². The average Bonchev–Trinajstić information content (AvgIpc) is 3.10. The molecule has 12 atom stereocenters. The number of esters is 1. The van der Waals surface area contributed by atoms with Gasteiger partial charge in [-0.1, -0.05) is 38.5 Å². The van der Waals surface area contributed by atoms with Gasteiger partial charge in [-0.15, -0.1) is 0 Å². The van der Waals surface area contributed by atoms with E-state index in [1.165, 1.54) is 12.4 Å². The van der Waals surface area contributed by atoms with Crippen LogP contribution >= 0.6 is 0 Å². The van der Waals surface area contributed by atoms with Crippen LogP contribution in [-0.2, 0) is 39.8 Å². The van der Waals surface area contributed by atoms with Crippen molar-refractivity contribution in [1.29, 1.82) is 0 Å². The van der Waals surface area contributed by atoms with Gasteiger partial charge in [-0.25, -0.2) is 9.97 Å². The molecule has 1 fully saturated rings. The Balaban J connectivity index is 1.89. The van der Waals surface area contributed by atoms with Gasteiger partial charge < -0.3 is 38.9 Å². The maximum Gasteiger partial charge on any atom is 0.308 e. The quantitative estimate of drug-likeness (QED) is 0.183. The van der Waals surface area contributed by atoms with E-state index >= 15 is 0 Å². The molecule has 12 nitrogen and oxygen atoms in total. The fraction of sp³-hybridized carbons (Fsp3) is 0.711. The molecule has 3 heterocycles. The van der Waals surface area contributed by atoms with E-state index in [0.29, 0.717) is 25.0 Å². The lowest BCUT2D eigenvalue weighted by Gasteiger charge is -2.48. The molecule has 0 spiro atoms. The number of carbonyl (C=O) groups excluding carboxylic acids is 3. The van der Waals surface area contributed by atoms with Crippen LogP contribution in [0.3, 0.4) is 0 Å². The predicted octanol–water partition coefficient (Wildman–Crippen LogP) is 3.83. The topological polar surface area (TPSA) is 158 Å². The second-order valence-electron chi connectivity index (χ2n) is 14.3. The average molecular weight is 720 g/mol. The number of aldehydes is 1. The first kappa shape index (κ1) is 42.5. The molecule has 286 valence electrons. The van der Waals surface area contributed by atoms with Crippen molar-refractivity contribution < 1.29 is 47.9 Å². The molecule has 0 amide bonds. The largest absolute Gasteiger partial charge is 0.462 e. The number of allylic oxidation sites excluding steroid dienone is 3. The molecule has 0 bridgehead atoms. The first-order chi connectivity index (χ1) is 24.3. The molecule has 0 aromatic carbocycles. The number of likely N-dealkylation sites (N-methyl/N-ethyl adjacent to an activating group) is 1. The molecule has 1 aromatic rings. The van der Waals surface area contributed by atoms with Crippen molar-refractivity contribution in [2.75, 3.05) is 27.4 Å². The Kier molecular flexibility index (Phi) is 17.4. The lowest BCUT2D eigenvalue weighted by Crippen LogP contribution is -2.64. The number of aromatic nitrogens is 2. The van der Waals surface area contributed by atoms with E-state index in [0.717, 1.165) is 18.3 Å². The van der Waals surface area contributed by atoms with E-state index in [-0.39, 0.29) is 18.6 Å². The molecule has 13 heteroatoms. The van der Waals surface area contributed by atoms with E-state index in [4.69, 9.17) is 18.9 Å². The van der Waals surface area contributed by atoms with Crippen molar-refractivity contribution in [2.24, 2.45) is 23.7 Å². The summed E-state index contributed by atoms with van der Waals surface area (Å²) < 4.78 is 38.9. The van der Waals surface area contributed by atoms with Crippen molar-refractivity contribution in [3.63, 3.8) is 0 Å². The van der Waals surface area contributed by atoms with Gasteiger partial charge in [0.25, 0.3) is 0 Å². The van der Waals surface area contributed by atoms with Crippen LogP contribution < -0.4 is 0 Å². The SMILES string of the molecule is CC[C@H]1OC(=O)C[C@@H](O)[C@H](C)[C@@H](O[C@@H]2O[C@H](C)[C@@H](OCCCc3cncnc3)[C@H](N(C)C)[C@H]2O)[C@@H](CC=O)C[C@@H](C)C(=O)/C=C/C(C)=C/[C@@H]1CF. The summed E-state index contributed by atoms with van der Waals surface area (Å²) in [6.45, 7) is 8.44. The summed E-state index contributed by atoms with van der Waals surface area (Å²) in [6, 6.07) is -0.541. The lowest BCUT2D eigenvalue weighted by atomic mass is 9.79. The van der Waals surface area contributed by atoms with Crippen LogP contribution in [0.5, 0.6) is 0 Å². The Hall–Kier alpha value is -2.94. The number of nitrogens with zero attached hydrogens (tertiary/aromatic N) is 3. The highest BCUT2D eigenvalue weighted by Crippen LogP contribution is 2.35. The number of carbonyl (C=O) groups is 3. The Labute approximate surface area is 301 Å². The van der Waals surface area contributed by atoms with Crippen LogP contribution in [0.4, 0.5) is 4.39 Å². The van der Waals surface area contributed by atoms with Gasteiger partial charge in [-0.05, 0) is 71.2 Å². The van der Waals surface area contributed by atoms with Crippen LogP contribution in [-0.4, -0.2) is 119 Å². The van der Waals surface area contributed by atoms with Crippen molar-refractivity contribution in [3.05, 3.63) is 48.1 Å². The third-order valence-electron chi connectivity index (χ3n) is 10.0. The second kappa shape index (κ2) is 20.9. The zero-order valence-corrected chi connectivity index (χ0v) is 31.1. The van der Waals surface area contributed by atoms with E-state index in [2.05, 4.69) is 9.97 Å². The summed E-state index contributed by atoms with van der Waals surface area (Å²) in [7, 11) is 3.66. The minimum atomic E-state index is -1.29. The number of halogens is 1. The zero-order chi connectivity index (χ0) is 37.7. The van der Waals surface area contributed by atoms with Crippen LogP contribution in [0, 0.1) is 23.7 Å². The zero-order valence-electron chi connectivity index (χ0n) is 31.1. The number of ether oxygens (including phenoxy) is 4. The molecule has 0 aliphatic carbocycles. The Bertz CT molecular complexity index is 1300. The van der Waals surface area contributed by atoms with Crippen LogP contribution in [0.25, 0.3) is 0 Å². The van der Waals surface area contributed by atoms with E-state index in [1.54, 1.807) is 52.2 Å². The summed E-state index contributed by atoms with van der Waals surface area (Å²) in [5, 5.41) is 23.1. The van der Waals surface area contributed by atoms with Crippen LogP contribution in [0.15, 0.2) is 42.5 Å². The molecule has 2 aliphatic rings. The van der Waals surface area contributed by atoms with Crippen LogP contribution in [0.1, 0.15) is 72.3 Å². The molecule has 0 saturated carbocycles. The van der Waals surface area contributed by atoms with Gasteiger partial charge in [0, 0.05) is 43.2 Å². The van der Waals surface area contributed by atoms with Crippen molar-refractivity contribution >= 4 is 18.0 Å². The minimum Gasteiger partial charge on any atom is -0.462 e. The maximum absolute atomic E-state index is 14.1. The second-order valence-corrected chi connectivity index (χ2v) is 14.3. The molecule has 2 aliphatic heterocycles. The van der Waals surface area contributed by atoms with Crippen molar-refractivity contribution in [3.8, 4) is 0 Å². The first-order valence-electron chi connectivity index (χ1n) is 18.1. The normalized spacial score (nSPS) is 36.3. The van der Waals surface area contributed by atoms with Gasteiger partial charge >= 0.3 is 5.97 Å². The highest BCUT2D eigenvalue weighted by atomic mass is 19.1. The summed E-state index contributed by atoms with van der Waals surface area (Å²) in [5.74, 6) is -3.51. The molecule has 2 N–H and O–H groups in total. The number of aryl methyl sites for hydroxylation is 1. The van der Waals surface area contributed by atoms with Gasteiger partial charge in [-0.3, -0.25) is 14.0 Å². The predicted molar refractivity (Wildman–Crippen MR) is 188 cm³/mol. The molecule has 3 rings (SSSR count). The summed E-state index contributed by atoms with van der Waals surface area (Å²) >= 11 is 0. The molecule has 51 heavy (non-hydrogen) atoms. The number of cyclic esters (lactones) is 1. The summed E-state index contributed by atoms with van der Waals surface area (Å²) in [4.78, 5) is 48.4. The van der Waals surface area contributed by atoms with Crippen molar-refractivity contribution in [1.82, 2.24) is 14.9 Å². The standard InChI is InChI=1S/C38H58FN3O9/c1-8-32-29(19-39)16-23(2)11-12-30(44)24(3)17-28(13-14-43)36(25(4)31(45)18-33(46)50-32)51-38-35(47)34(42(6)7)37(26(5)49-38)48-15-9-10-27-20-40-22-41-21-27/h11-12,14,16,20-22,24-26,28-29,31-32,34-38,45,47H,8-10,13,15,17-19H2,1-7H3/b12-11+,23-16+/t24-,25+,26-,28+,29-,31-,32-,34-,35-,36-,37-,38+/m1/s1. The van der Waals surface area contributed by atoms with Gasteiger partial charge in [0.2, 0.25) is 0 Å². The third-order valence-corrected chi connectivity index (χ3v) is 10.0. The van der Waals surface area contributed by atoms with Gasteiger partial charge in [0.15, 0.2) is 12.1 Å². The molecule has 1 saturated heterocycles. The smallest absolute Gasteiger partial charge is 0.308 e. The number of alkyl halides is 1. The maximum atomic E-state index is 14.1. The number of rotatable bonds is 12. The number of aliphatic hydroxyl groups excluding tert-OH is 2. The number of hydrogen-bond donors (Lipinski definition) is 2. The highest BCUT2D eigenvalue weighted by molar-refractivity contribution is 5.91. The molecular formula is C38H58FN3O9. The number of ketones is 1. The summed E-state index contributed by atoms with van der Waals surface area (Å²) in [6.07, 6.45) is 5.61. The monoisotopic (exact) mass is 719 g/mol. The van der Waals surface area contributed by atoms with Gasteiger partial charge in [-0.2, -0.15) is 0 Å². The van der Waals surface area contributed by atoms with Crippen LogP contribution in [0.2, 0.25) is 0 Å². The first-order valence-corrected chi connectivity index (χ1v) is 18.1. The molecular weight excluding hydrogens is 661 g/mol. The Morgan fingerprint density at radius 2 is 1.80 bits per heavy atom. The molecule has 0 radical (unpaired) electrons. The minimum absolute atomic E-state index is 0.00377. The fourth-order valence-corrected chi connectivity index (χ4v) is 7.07. The molecule has 0 unspecified atom stereocenters. The Morgan fingerprint density at radius 1 is 1.10 bits per heavy atom. The fourth-order valence-electron chi connectivity index (χ4n) is 7.07. The molecule has 1 aromatic heterocycles. The van der Waals surface area contributed by atoms with E-state index in [9.17, 15) is 29.0 Å². The Morgan fingerprint density at radius 3 is 2.43 bits per heavy atom. The van der Waals surface area contributed by atoms with Gasteiger partial charge in [0.05, 0.1) is 37.4 Å². The number of aliphatic hydroxyl groups is 2. The number of hydrogen-bond acceptors (Lipinski definition) is 12. The van der Waals surface area contributed by atoms with E-state index < -0.39 is 91.7 Å². The van der Waals surface area contributed by atoms with Crippen molar-refractivity contribution in [2.45, 2.75) is 122 Å². The summed E-state index contributed by atoms with van der Waals surface area (Å²) in [5.41, 5.74) is 1.63. The third kappa shape index (κ3) is 12.3. The highest BCUT2D eigenvalue weighted by Gasteiger charge is 2.48. The lowest BCUT2D eigenvalue weighted by molar-refractivity contribution is -0.308. The van der Waals surface area contributed by atoms with Gasteiger partial charge in [0.1, 0.15) is 30.9 Å².